The van der Waals surface area contributed by atoms with Gasteiger partial charge < -0.3 is 4.74 Å². The average molecular weight is 197 g/mol. The molecule has 2 fully saturated rings. The van der Waals surface area contributed by atoms with E-state index in [0.717, 1.165) is 18.6 Å². The first kappa shape index (κ1) is 10.4. The van der Waals surface area contributed by atoms with Crippen LogP contribution in [0.1, 0.15) is 40.0 Å². The van der Waals surface area contributed by atoms with Crippen molar-refractivity contribution in [3.63, 3.8) is 0 Å². The maximum Gasteiger partial charge on any atom is 0.0631 e. The molecule has 2 bridgehead atoms. The first-order chi connectivity index (χ1) is 6.47. The van der Waals surface area contributed by atoms with Gasteiger partial charge in [0.05, 0.1) is 12.2 Å². The fraction of sp³-hybridized carbons (Fsp3) is 1.00. The van der Waals surface area contributed by atoms with Gasteiger partial charge in [0, 0.05) is 12.1 Å². The van der Waals surface area contributed by atoms with Crippen molar-refractivity contribution in [1.82, 2.24) is 4.90 Å². The van der Waals surface area contributed by atoms with E-state index in [1.165, 1.54) is 19.3 Å². The number of fused-ring (bicyclic) bond motifs is 2. The van der Waals surface area contributed by atoms with Crippen LogP contribution in [-0.4, -0.2) is 36.2 Å². The fourth-order valence-electron chi connectivity index (χ4n) is 2.90. The first-order valence-electron chi connectivity index (χ1n) is 5.83. The van der Waals surface area contributed by atoms with Crippen LogP contribution in [0.2, 0.25) is 0 Å². The van der Waals surface area contributed by atoms with E-state index >= 15 is 0 Å². The summed E-state index contributed by atoms with van der Waals surface area (Å²) in [6, 6.07) is 1.54. The Balaban J connectivity index is 1.87. The van der Waals surface area contributed by atoms with Gasteiger partial charge in [-0.1, -0.05) is 0 Å². The van der Waals surface area contributed by atoms with Gasteiger partial charge in [-0.25, -0.2) is 0 Å². The third-order valence-electron chi connectivity index (χ3n) is 3.78. The lowest BCUT2D eigenvalue weighted by molar-refractivity contribution is -0.0398. The average Bonchev–Trinajstić information content (AvgIpc) is 2.60. The Labute approximate surface area is 87.6 Å². The van der Waals surface area contributed by atoms with E-state index in [0.29, 0.717) is 6.04 Å². The maximum atomic E-state index is 5.89. The summed E-state index contributed by atoms with van der Waals surface area (Å²) in [4.78, 5) is 2.54. The highest BCUT2D eigenvalue weighted by molar-refractivity contribution is 4.98. The molecule has 0 aromatic heterocycles. The summed E-state index contributed by atoms with van der Waals surface area (Å²) in [5.41, 5.74) is 0.0165. The van der Waals surface area contributed by atoms with Crippen molar-refractivity contribution in [2.45, 2.75) is 57.7 Å². The number of likely N-dealkylation sites (tertiary alicyclic amines) is 1. The van der Waals surface area contributed by atoms with Crippen molar-refractivity contribution < 1.29 is 4.74 Å². The minimum atomic E-state index is 0.0165. The molecule has 1 heterocycles. The van der Waals surface area contributed by atoms with Crippen molar-refractivity contribution in [3.05, 3.63) is 0 Å². The smallest absolute Gasteiger partial charge is 0.0631 e. The predicted octanol–water partition coefficient (Wildman–Crippen LogP) is 2.28. The topological polar surface area (TPSA) is 12.5 Å². The first-order valence-corrected chi connectivity index (χ1v) is 5.83. The van der Waals surface area contributed by atoms with E-state index in [9.17, 15) is 0 Å². The molecule has 2 heteroatoms. The third-order valence-corrected chi connectivity index (χ3v) is 3.78. The van der Waals surface area contributed by atoms with E-state index in [2.05, 4.69) is 32.7 Å². The highest BCUT2D eigenvalue weighted by Gasteiger charge is 2.43. The Bertz CT molecular complexity index is 207. The van der Waals surface area contributed by atoms with Crippen molar-refractivity contribution in [1.29, 1.82) is 0 Å². The lowest BCUT2D eigenvalue weighted by atomic mass is 9.99. The number of ether oxygens (including phenoxy) is 1. The molecular formula is C12H23NO. The zero-order valence-electron chi connectivity index (χ0n) is 9.92. The summed E-state index contributed by atoms with van der Waals surface area (Å²) in [5.74, 6) is 0.910. The van der Waals surface area contributed by atoms with Gasteiger partial charge in [0.2, 0.25) is 0 Å². The summed E-state index contributed by atoms with van der Waals surface area (Å²) < 4.78 is 5.89. The normalized spacial score (nSPS) is 38.1. The third kappa shape index (κ3) is 1.96. The Morgan fingerprint density at radius 1 is 1.29 bits per heavy atom. The Hall–Kier alpha value is -0.0800. The Morgan fingerprint density at radius 2 is 2.00 bits per heavy atom. The maximum absolute atomic E-state index is 5.89. The van der Waals surface area contributed by atoms with Gasteiger partial charge in [-0.05, 0) is 53.0 Å². The van der Waals surface area contributed by atoms with E-state index < -0.39 is 0 Å². The van der Waals surface area contributed by atoms with Crippen LogP contribution in [-0.2, 0) is 4.74 Å². The minimum absolute atomic E-state index is 0.0165. The molecule has 1 aliphatic heterocycles. The molecule has 0 N–H and O–H groups in total. The molecule has 14 heavy (non-hydrogen) atoms. The number of likely N-dealkylation sites (N-methyl/N-ethyl adjacent to an activating group) is 1. The lowest BCUT2D eigenvalue weighted by Gasteiger charge is -2.33. The van der Waals surface area contributed by atoms with Crippen molar-refractivity contribution in [2.24, 2.45) is 5.92 Å². The Morgan fingerprint density at radius 3 is 2.50 bits per heavy atom. The van der Waals surface area contributed by atoms with Crippen LogP contribution in [0.15, 0.2) is 0 Å². The lowest BCUT2D eigenvalue weighted by Crippen LogP contribution is -2.42. The van der Waals surface area contributed by atoms with Crippen molar-refractivity contribution in [2.75, 3.05) is 13.7 Å². The predicted molar refractivity (Wildman–Crippen MR) is 58.4 cm³/mol. The number of nitrogens with zero attached hydrogens (tertiary/aromatic N) is 1. The molecule has 1 saturated heterocycles. The largest absolute Gasteiger partial charge is 0.374 e. The number of piperidine rings is 1. The molecule has 1 saturated carbocycles. The van der Waals surface area contributed by atoms with Crippen LogP contribution in [0.5, 0.6) is 0 Å². The summed E-state index contributed by atoms with van der Waals surface area (Å²) >= 11 is 0. The molecule has 2 nitrogen and oxygen atoms in total. The molecule has 0 radical (unpaired) electrons. The standard InChI is InChI=1S/C12H23NO/c1-12(2,3)14-8-11-9-5-6-10(7-9)13(11)4/h9-11H,5-8H2,1-4H3/t9-,10+,11-/m1/s1. The second-order valence-corrected chi connectivity index (χ2v) is 5.88. The second kappa shape index (κ2) is 3.49. The molecule has 0 aromatic carbocycles. The van der Waals surface area contributed by atoms with Gasteiger partial charge in [0.1, 0.15) is 0 Å². The number of rotatable bonds is 2. The Kier molecular flexibility index (Phi) is 2.61. The zero-order chi connectivity index (χ0) is 10.3. The van der Waals surface area contributed by atoms with Gasteiger partial charge >= 0.3 is 0 Å². The molecule has 0 spiro atoms. The van der Waals surface area contributed by atoms with Gasteiger partial charge in [-0.15, -0.1) is 0 Å². The summed E-state index contributed by atoms with van der Waals surface area (Å²) in [5, 5.41) is 0. The van der Waals surface area contributed by atoms with E-state index in [-0.39, 0.29) is 5.60 Å². The SMILES string of the molecule is CN1[C@H]2CC[C@H](C2)[C@H]1COC(C)(C)C. The molecule has 0 amide bonds. The van der Waals surface area contributed by atoms with Crippen LogP contribution >= 0.6 is 0 Å². The molecule has 1 aliphatic carbocycles. The van der Waals surface area contributed by atoms with Crippen LogP contribution in [0.25, 0.3) is 0 Å². The van der Waals surface area contributed by atoms with E-state index in [1.54, 1.807) is 0 Å². The monoisotopic (exact) mass is 197 g/mol. The molecule has 82 valence electrons. The van der Waals surface area contributed by atoms with Crippen LogP contribution in [0.4, 0.5) is 0 Å². The van der Waals surface area contributed by atoms with Gasteiger partial charge in [-0.3, -0.25) is 4.90 Å². The van der Waals surface area contributed by atoms with Gasteiger partial charge in [0.15, 0.2) is 0 Å². The van der Waals surface area contributed by atoms with Crippen LogP contribution in [0.3, 0.4) is 0 Å². The van der Waals surface area contributed by atoms with Gasteiger partial charge in [-0.2, -0.15) is 0 Å². The van der Waals surface area contributed by atoms with Crippen LogP contribution in [0, 0.1) is 5.92 Å². The molecule has 3 atom stereocenters. The van der Waals surface area contributed by atoms with Crippen LogP contribution < -0.4 is 0 Å². The zero-order valence-corrected chi connectivity index (χ0v) is 9.92. The molecule has 2 aliphatic rings. The van der Waals surface area contributed by atoms with Crippen molar-refractivity contribution >= 4 is 0 Å². The number of hydrogen-bond donors (Lipinski definition) is 0. The number of hydrogen-bond acceptors (Lipinski definition) is 2. The quantitative estimate of drug-likeness (QED) is 0.673. The van der Waals surface area contributed by atoms with Crippen molar-refractivity contribution in [3.8, 4) is 0 Å². The summed E-state index contributed by atoms with van der Waals surface area (Å²) in [7, 11) is 2.26. The van der Waals surface area contributed by atoms with E-state index in [4.69, 9.17) is 4.74 Å². The summed E-state index contributed by atoms with van der Waals surface area (Å²) in [6.45, 7) is 7.34. The van der Waals surface area contributed by atoms with Gasteiger partial charge in [0.25, 0.3) is 0 Å². The minimum Gasteiger partial charge on any atom is -0.374 e. The molecular weight excluding hydrogens is 174 g/mol. The van der Waals surface area contributed by atoms with E-state index in [1.807, 2.05) is 0 Å². The molecule has 2 rings (SSSR count). The summed E-state index contributed by atoms with van der Waals surface area (Å²) in [6.07, 6.45) is 4.25. The molecule has 0 unspecified atom stereocenters. The highest BCUT2D eigenvalue weighted by atomic mass is 16.5. The molecule has 0 aromatic rings. The second-order valence-electron chi connectivity index (χ2n) is 5.88. The fourth-order valence-corrected chi connectivity index (χ4v) is 2.90. The highest BCUT2D eigenvalue weighted by Crippen LogP contribution is 2.41.